The van der Waals surface area contributed by atoms with Crippen LogP contribution < -0.4 is 20.1 Å². The minimum Gasteiger partial charge on any atom is -0.495 e. The molecule has 3 N–H and O–H groups in total. The Morgan fingerprint density at radius 1 is 1.00 bits per heavy atom. The number of carbonyl (C=O) groups excluding carboxylic acids is 2. The normalized spacial score (nSPS) is 11.6. The number of sulfonamides is 1. The summed E-state index contributed by atoms with van der Waals surface area (Å²) < 4.78 is 42.8. The maximum Gasteiger partial charge on any atom is 0.412 e. The highest BCUT2D eigenvalue weighted by molar-refractivity contribution is 7.89. The molecule has 0 bridgehead atoms. The van der Waals surface area contributed by atoms with E-state index in [1.807, 2.05) is 0 Å². The van der Waals surface area contributed by atoms with Crippen molar-refractivity contribution in [3.05, 3.63) is 47.5 Å². The molecule has 0 fully saturated rings. The standard InChI is InChI=1S/C23H31N3O7S/c1-15-7-9-17(34(29,30)24-11-12-31-5)14-18(15)21(27)25-16-8-10-20(32-6)19(13-16)26-22(28)33-23(2,3)4/h7-10,13-14,24H,11-12H2,1-6H3,(H,25,27)(H,26,28). The molecule has 186 valence electrons. The summed E-state index contributed by atoms with van der Waals surface area (Å²) in [4.78, 5) is 25.1. The van der Waals surface area contributed by atoms with Gasteiger partial charge in [-0.3, -0.25) is 10.1 Å². The van der Waals surface area contributed by atoms with Crippen LogP contribution in [-0.2, 0) is 19.5 Å². The van der Waals surface area contributed by atoms with Crippen LogP contribution in [0.15, 0.2) is 41.3 Å². The van der Waals surface area contributed by atoms with Crippen molar-refractivity contribution in [2.24, 2.45) is 0 Å². The molecule has 34 heavy (non-hydrogen) atoms. The van der Waals surface area contributed by atoms with Gasteiger partial charge < -0.3 is 19.5 Å². The number of anilines is 2. The van der Waals surface area contributed by atoms with E-state index < -0.39 is 27.6 Å². The van der Waals surface area contributed by atoms with E-state index in [9.17, 15) is 18.0 Å². The Morgan fingerprint density at radius 2 is 1.71 bits per heavy atom. The van der Waals surface area contributed by atoms with E-state index in [1.165, 1.54) is 32.4 Å². The molecule has 0 aliphatic heterocycles. The molecule has 2 aromatic rings. The Kier molecular flexibility index (Phi) is 9.02. The average molecular weight is 494 g/mol. The fourth-order valence-corrected chi connectivity index (χ4v) is 3.91. The van der Waals surface area contributed by atoms with Crippen LogP contribution in [0, 0.1) is 6.92 Å². The molecule has 0 aliphatic carbocycles. The second-order valence-electron chi connectivity index (χ2n) is 8.36. The third kappa shape index (κ3) is 7.72. The zero-order valence-electron chi connectivity index (χ0n) is 20.1. The van der Waals surface area contributed by atoms with Crippen LogP contribution in [-0.4, -0.2) is 53.4 Å². The number of methoxy groups -OCH3 is 2. The molecule has 0 spiro atoms. The molecule has 10 nitrogen and oxygen atoms in total. The molecule has 0 atom stereocenters. The number of benzene rings is 2. The number of carbonyl (C=O) groups is 2. The molecule has 11 heteroatoms. The molecule has 0 unspecified atom stereocenters. The number of hydrogen-bond donors (Lipinski definition) is 3. The summed E-state index contributed by atoms with van der Waals surface area (Å²) in [6, 6.07) is 8.99. The molecule has 0 radical (unpaired) electrons. The Labute approximate surface area is 200 Å². The number of rotatable bonds is 9. The number of aryl methyl sites for hydroxylation is 1. The Bertz CT molecular complexity index is 1140. The van der Waals surface area contributed by atoms with E-state index in [1.54, 1.807) is 45.9 Å². The first-order valence-corrected chi connectivity index (χ1v) is 11.9. The lowest BCUT2D eigenvalue weighted by Gasteiger charge is -2.20. The first-order valence-electron chi connectivity index (χ1n) is 10.4. The van der Waals surface area contributed by atoms with Crippen molar-refractivity contribution in [3.63, 3.8) is 0 Å². The van der Waals surface area contributed by atoms with E-state index in [-0.39, 0.29) is 23.6 Å². The number of nitrogens with one attached hydrogen (secondary N) is 3. The molecular formula is C23H31N3O7S. The predicted molar refractivity (Wildman–Crippen MR) is 129 cm³/mol. The van der Waals surface area contributed by atoms with Gasteiger partial charge in [0.25, 0.3) is 5.91 Å². The van der Waals surface area contributed by atoms with Crippen molar-refractivity contribution >= 4 is 33.4 Å². The molecule has 0 heterocycles. The summed E-state index contributed by atoms with van der Waals surface area (Å²) in [5.41, 5.74) is 0.749. The number of hydrogen-bond acceptors (Lipinski definition) is 7. The molecule has 0 saturated carbocycles. The summed E-state index contributed by atoms with van der Waals surface area (Å²) >= 11 is 0. The molecule has 0 saturated heterocycles. The Hall–Kier alpha value is -3.15. The molecule has 2 rings (SSSR count). The van der Waals surface area contributed by atoms with E-state index in [0.717, 1.165) is 0 Å². The number of ether oxygens (including phenoxy) is 3. The fraction of sp³-hybridized carbons (Fsp3) is 0.391. The fourth-order valence-electron chi connectivity index (χ4n) is 2.87. The lowest BCUT2D eigenvalue weighted by atomic mass is 10.1. The summed E-state index contributed by atoms with van der Waals surface area (Å²) in [6.07, 6.45) is -0.677. The van der Waals surface area contributed by atoms with Gasteiger partial charge in [-0.15, -0.1) is 0 Å². The Balaban J connectivity index is 2.26. The zero-order chi connectivity index (χ0) is 25.5. The summed E-state index contributed by atoms with van der Waals surface area (Å²) in [5.74, 6) is -0.143. The largest absolute Gasteiger partial charge is 0.495 e. The number of amides is 2. The molecular weight excluding hydrogens is 462 g/mol. The lowest BCUT2D eigenvalue weighted by molar-refractivity contribution is 0.0635. The van der Waals surface area contributed by atoms with Crippen molar-refractivity contribution in [2.75, 3.05) is 38.0 Å². The monoisotopic (exact) mass is 493 g/mol. The van der Waals surface area contributed by atoms with Gasteiger partial charge in [0.1, 0.15) is 11.4 Å². The topological polar surface area (TPSA) is 132 Å². The summed E-state index contributed by atoms with van der Waals surface area (Å²) in [5, 5.41) is 5.32. The van der Waals surface area contributed by atoms with Crippen LogP contribution in [0.3, 0.4) is 0 Å². The van der Waals surface area contributed by atoms with Crippen LogP contribution in [0.5, 0.6) is 5.75 Å². The zero-order valence-corrected chi connectivity index (χ0v) is 21.0. The van der Waals surface area contributed by atoms with E-state index in [4.69, 9.17) is 14.2 Å². The van der Waals surface area contributed by atoms with Gasteiger partial charge in [-0.1, -0.05) is 6.07 Å². The third-order valence-corrected chi connectivity index (χ3v) is 5.91. The highest BCUT2D eigenvalue weighted by atomic mass is 32.2. The van der Waals surface area contributed by atoms with Crippen LogP contribution in [0.2, 0.25) is 0 Å². The van der Waals surface area contributed by atoms with Crippen molar-refractivity contribution < 1.29 is 32.2 Å². The van der Waals surface area contributed by atoms with Crippen LogP contribution in [0.1, 0.15) is 36.7 Å². The highest BCUT2D eigenvalue weighted by Crippen LogP contribution is 2.29. The maximum absolute atomic E-state index is 13.0. The van der Waals surface area contributed by atoms with Gasteiger partial charge in [0.15, 0.2) is 0 Å². The highest BCUT2D eigenvalue weighted by Gasteiger charge is 2.20. The molecule has 0 aliphatic rings. The second-order valence-corrected chi connectivity index (χ2v) is 10.1. The van der Waals surface area contributed by atoms with Crippen molar-refractivity contribution in [2.45, 2.75) is 38.2 Å². The summed E-state index contributed by atoms with van der Waals surface area (Å²) in [7, 11) is -0.894. The predicted octanol–water partition coefficient (Wildman–Crippen LogP) is 3.53. The van der Waals surface area contributed by atoms with E-state index in [0.29, 0.717) is 22.7 Å². The quantitative estimate of drug-likeness (QED) is 0.455. The van der Waals surface area contributed by atoms with Gasteiger partial charge >= 0.3 is 6.09 Å². The molecule has 2 aromatic carbocycles. The van der Waals surface area contributed by atoms with Crippen molar-refractivity contribution in [3.8, 4) is 5.75 Å². The second kappa shape index (κ2) is 11.3. The minimum atomic E-state index is -3.81. The van der Waals surface area contributed by atoms with E-state index in [2.05, 4.69) is 15.4 Å². The first kappa shape index (κ1) is 27.1. The van der Waals surface area contributed by atoms with Crippen molar-refractivity contribution in [1.29, 1.82) is 0 Å². The SMILES string of the molecule is COCCNS(=O)(=O)c1ccc(C)c(C(=O)Nc2ccc(OC)c(NC(=O)OC(C)(C)C)c2)c1. The van der Waals surface area contributed by atoms with Gasteiger partial charge in [-0.05, 0) is 63.6 Å². The van der Waals surface area contributed by atoms with Crippen LogP contribution in [0.25, 0.3) is 0 Å². The van der Waals surface area contributed by atoms with Gasteiger partial charge in [0.2, 0.25) is 10.0 Å². The van der Waals surface area contributed by atoms with Crippen LogP contribution >= 0.6 is 0 Å². The summed E-state index contributed by atoms with van der Waals surface area (Å²) in [6.45, 7) is 7.24. The van der Waals surface area contributed by atoms with Gasteiger partial charge in [0.05, 0.1) is 24.3 Å². The Morgan fingerprint density at radius 3 is 2.32 bits per heavy atom. The first-order chi connectivity index (χ1) is 15.9. The molecule has 0 aromatic heterocycles. The third-order valence-electron chi connectivity index (χ3n) is 4.46. The van der Waals surface area contributed by atoms with Gasteiger partial charge in [0, 0.05) is 24.9 Å². The van der Waals surface area contributed by atoms with Crippen molar-refractivity contribution in [1.82, 2.24) is 4.72 Å². The van der Waals surface area contributed by atoms with Crippen LogP contribution in [0.4, 0.5) is 16.2 Å². The van der Waals surface area contributed by atoms with Gasteiger partial charge in [-0.2, -0.15) is 0 Å². The molecule has 2 amide bonds. The smallest absolute Gasteiger partial charge is 0.412 e. The van der Waals surface area contributed by atoms with Gasteiger partial charge in [-0.25, -0.2) is 17.9 Å². The minimum absolute atomic E-state index is 0.0404. The van der Waals surface area contributed by atoms with E-state index >= 15 is 0 Å². The maximum atomic E-state index is 13.0. The average Bonchev–Trinajstić information content (AvgIpc) is 2.72. The lowest BCUT2D eigenvalue weighted by Crippen LogP contribution is -2.27.